The summed E-state index contributed by atoms with van der Waals surface area (Å²) in [7, 11) is 0. The van der Waals surface area contributed by atoms with E-state index in [1.54, 1.807) is 35.5 Å². The molecule has 24 heavy (non-hydrogen) atoms. The molecule has 1 N–H and O–H groups in total. The molecule has 2 rings (SSSR count). The van der Waals surface area contributed by atoms with Crippen LogP contribution in [0.1, 0.15) is 30.5 Å². The van der Waals surface area contributed by atoms with E-state index in [4.69, 9.17) is 5.26 Å². The van der Waals surface area contributed by atoms with Crippen LogP contribution in [0.3, 0.4) is 0 Å². The van der Waals surface area contributed by atoms with E-state index >= 15 is 0 Å². The van der Waals surface area contributed by atoms with Crippen molar-refractivity contribution in [1.82, 2.24) is 9.88 Å². The van der Waals surface area contributed by atoms with Crippen LogP contribution in [0.2, 0.25) is 0 Å². The normalized spacial score (nSPS) is 10.9. The van der Waals surface area contributed by atoms with Crippen LogP contribution in [-0.4, -0.2) is 34.0 Å². The number of benzene rings is 1. The van der Waals surface area contributed by atoms with Gasteiger partial charge in [-0.15, -0.1) is 0 Å². The van der Waals surface area contributed by atoms with Gasteiger partial charge in [0.1, 0.15) is 0 Å². The molecule has 1 aromatic carbocycles. The van der Waals surface area contributed by atoms with Gasteiger partial charge >= 0.3 is 0 Å². The first-order valence-corrected chi connectivity index (χ1v) is 7.79. The summed E-state index contributed by atoms with van der Waals surface area (Å²) >= 11 is 0. The standard InChI is InChI=1S/C19H21N3O2/c1-19(2,17-7-3-5-15(11-17)12-20)18(24)22(9-10-23)14-16-6-4-8-21-13-16/h3-8,11,13,23H,9-10,14H2,1-2H3. The number of nitriles is 1. The number of pyridine rings is 1. The number of aliphatic hydroxyl groups is 1. The van der Waals surface area contributed by atoms with E-state index in [0.717, 1.165) is 11.1 Å². The van der Waals surface area contributed by atoms with Gasteiger partial charge in [0.05, 0.1) is 23.7 Å². The van der Waals surface area contributed by atoms with Crippen LogP contribution in [0.15, 0.2) is 48.8 Å². The predicted octanol–water partition coefficient (Wildman–Crippen LogP) is 2.25. The first-order valence-electron chi connectivity index (χ1n) is 7.79. The quantitative estimate of drug-likeness (QED) is 0.884. The molecule has 5 heteroatoms. The third-order valence-corrected chi connectivity index (χ3v) is 4.00. The molecule has 1 amide bonds. The number of rotatable bonds is 6. The molecule has 0 aliphatic rings. The fourth-order valence-electron chi connectivity index (χ4n) is 2.58. The summed E-state index contributed by atoms with van der Waals surface area (Å²) in [5.41, 5.74) is 1.40. The Balaban J connectivity index is 2.28. The van der Waals surface area contributed by atoms with Crippen LogP contribution in [0, 0.1) is 11.3 Å². The minimum atomic E-state index is -0.801. The minimum Gasteiger partial charge on any atom is -0.395 e. The highest BCUT2D eigenvalue weighted by Gasteiger charge is 2.33. The third kappa shape index (κ3) is 3.98. The van der Waals surface area contributed by atoms with Crippen LogP contribution in [-0.2, 0) is 16.8 Å². The Morgan fingerprint density at radius 3 is 2.75 bits per heavy atom. The molecule has 0 spiro atoms. The van der Waals surface area contributed by atoms with Crippen LogP contribution in [0.4, 0.5) is 0 Å². The number of hydrogen-bond donors (Lipinski definition) is 1. The Bertz CT molecular complexity index is 736. The first-order chi connectivity index (χ1) is 11.5. The zero-order valence-electron chi connectivity index (χ0n) is 13.9. The molecular formula is C19H21N3O2. The maximum atomic E-state index is 13.1. The van der Waals surface area contributed by atoms with E-state index in [2.05, 4.69) is 11.1 Å². The molecule has 2 aromatic rings. The summed E-state index contributed by atoms with van der Waals surface area (Å²) in [4.78, 5) is 18.8. The first kappa shape index (κ1) is 17.6. The van der Waals surface area contributed by atoms with Gasteiger partial charge in [-0.05, 0) is 43.2 Å². The molecule has 0 saturated carbocycles. The van der Waals surface area contributed by atoms with Crippen molar-refractivity contribution in [2.24, 2.45) is 0 Å². The number of carbonyl (C=O) groups is 1. The lowest BCUT2D eigenvalue weighted by Crippen LogP contribution is -2.44. The summed E-state index contributed by atoms with van der Waals surface area (Å²) in [6.07, 6.45) is 3.39. The van der Waals surface area contributed by atoms with Crippen LogP contribution < -0.4 is 0 Å². The van der Waals surface area contributed by atoms with Gasteiger partial charge in [0.25, 0.3) is 0 Å². The van der Waals surface area contributed by atoms with Gasteiger partial charge in [0.2, 0.25) is 5.91 Å². The summed E-state index contributed by atoms with van der Waals surface area (Å²) in [5, 5.41) is 18.4. The van der Waals surface area contributed by atoms with E-state index in [0.29, 0.717) is 12.1 Å². The maximum Gasteiger partial charge on any atom is 0.233 e. The average Bonchev–Trinajstić information content (AvgIpc) is 2.61. The second-order valence-corrected chi connectivity index (χ2v) is 6.13. The highest BCUT2D eigenvalue weighted by atomic mass is 16.3. The zero-order chi connectivity index (χ0) is 17.6. The lowest BCUT2D eigenvalue weighted by Gasteiger charge is -2.32. The molecule has 1 aromatic heterocycles. The number of carbonyl (C=O) groups excluding carboxylic acids is 1. The van der Waals surface area contributed by atoms with Crippen molar-refractivity contribution in [1.29, 1.82) is 5.26 Å². The van der Waals surface area contributed by atoms with Crippen molar-refractivity contribution in [3.63, 3.8) is 0 Å². The lowest BCUT2D eigenvalue weighted by atomic mass is 9.82. The monoisotopic (exact) mass is 323 g/mol. The number of aromatic nitrogens is 1. The number of hydrogen-bond acceptors (Lipinski definition) is 4. The van der Waals surface area contributed by atoms with Gasteiger partial charge < -0.3 is 10.0 Å². The Kier molecular flexibility index (Phi) is 5.67. The van der Waals surface area contributed by atoms with Crippen LogP contribution in [0.25, 0.3) is 0 Å². The fraction of sp³-hybridized carbons (Fsp3) is 0.316. The van der Waals surface area contributed by atoms with Gasteiger partial charge in [-0.2, -0.15) is 5.26 Å². The van der Waals surface area contributed by atoms with Gasteiger partial charge in [-0.1, -0.05) is 18.2 Å². The molecular weight excluding hydrogens is 302 g/mol. The molecule has 0 atom stereocenters. The third-order valence-electron chi connectivity index (χ3n) is 4.00. The molecule has 0 bridgehead atoms. The summed E-state index contributed by atoms with van der Waals surface area (Å²) in [6, 6.07) is 12.9. The second kappa shape index (κ2) is 7.71. The summed E-state index contributed by atoms with van der Waals surface area (Å²) in [5.74, 6) is -0.101. The molecule has 0 fully saturated rings. The topological polar surface area (TPSA) is 77.2 Å². The number of nitrogens with zero attached hydrogens (tertiary/aromatic N) is 3. The smallest absolute Gasteiger partial charge is 0.233 e. The molecule has 1 heterocycles. The van der Waals surface area contributed by atoms with Gasteiger partial charge in [-0.3, -0.25) is 9.78 Å². The Labute approximate surface area is 142 Å². The molecule has 0 aliphatic carbocycles. The zero-order valence-corrected chi connectivity index (χ0v) is 13.9. The fourth-order valence-corrected chi connectivity index (χ4v) is 2.58. The van der Waals surface area contributed by atoms with Gasteiger partial charge in [0, 0.05) is 25.5 Å². The van der Waals surface area contributed by atoms with E-state index in [1.807, 2.05) is 32.0 Å². The highest BCUT2D eigenvalue weighted by Crippen LogP contribution is 2.27. The van der Waals surface area contributed by atoms with Gasteiger partial charge in [0.15, 0.2) is 0 Å². The van der Waals surface area contributed by atoms with Crippen LogP contribution >= 0.6 is 0 Å². The highest BCUT2D eigenvalue weighted by molar-refractivity contribution is 5.87. The van der Waals surface area contributed by atoms with Crippen molar-refractivity contribution in [2.75, 3.05) is 13.2 Å². The second-order valence-electron chi connectivity index (χ2n) is 6.13. The predicted molar refractivity (Wildman–Crippen MR) is 90.9 cm³/mol. The maximum absolute atomic E-state index is 13.1. The van der Waals surface area contributed by atoms with Crippen molar-refractivity contribution >= 4 is 5.91 Å². The van der Waals surface area contributed by atoms with Gasteiger partial charge in [-0.25, -0.2) is 0 Å². The molecule has 0 aliphatic heterocycles. The lowest BCUT2D eigenvalue weighted by molar-refractivity contribution is -0.137. The molecule has 0 saturated heterocycles. The van der Waals surface area contributed by atoms with E-state index < -0.39 is 5.41 Å². The largest absolute Gasteiger partial charge is 0.395 e. The van der Waals surface area contributed by atoms with Crippen molar-refractivity contribution in [3.8, 4) is 6.07 Å². The number of aliphatic hydroxyl groups excluding tert-OH is 1. The van der Waals surface area contributed by atoms with E-state index in [-0.39, 0.29) is 19.1 Å². The van der Waals surface area contributed by atoms with Crippen molar-refractivity contribution < 1.29 is 9.90 Å². The van der Waals surface area contributed by atoms with E-state index in [1.165, 1.54) is 0 Å². The Hall–Kier alpha value is -2.71. The van der Waals surface area contributed by atoms with Crippen molar-refractivity contribution in [2.45, 2.75) is 25.8 Å². The van der Waals surface area contributed by atoms with Crippen molar-refractivity contribution in [3.05, 3.63) is 65.5 Å². The minimum absolute atomic E-state index is 0.101. The Morgan fingerprint density at radius 1 is 1.33 bits per heavy atom. The Morgan fingerprint density at radius 2 is 2.12 bits per heavy atom. The van der Waals surface area contributed by atoms with Crippen LogP contribution in [0.5, 0.6) is 0 Å². The summed E-state index contributed by atoms with van der Waals surface area (Å²) in [6.45, 7) is 4.18. The average molecular weight is 323 g/mol. The van der Waals surface area contributed by atoms with E-state index in [9.17, 15) is 9.90 Å². The number of amides is 1. The SMILES string of the molecule is CC(C)(C(=O)N(CCO)Cc1cccnc1)c1cccc(C#N)c1. The molecule has 124 valence electrons. The molecule has 0 radical (unpaired) electrons. The molecule has 5 nitrogen and oxygen atoms in total. The summed E-state index contributed by atoms with van der Waals surface area (Å²) < 4.78 is 0. The molecule has 0 unspecified atom stereocenters.